The van der Waals surface area contributed by atoms with Gasteiger partial charge in [0.1, 0.15) is 12.1 Å². The summed E-state index contributed by atoms with van der Waals surface area (Å²) in [5.74, 6) is -1.75. The smallest absolute Gasteiger partial charge is 0.270 e. The molecule has 0 radical (unpaired) electrons. The molecule has 0 aliphatic carbocycles. The van der Waals surface area contributed by atoms with Crippen LogP contribution in [0.4, 0.5) is 11.4 Å². The van der Waals surface area contributed by atoms with Crippen molar-refractivity contribution in [3.63, 3.8) is 0 Å². The van der Waals surface area contributed by atoms with Gasteiger partial charge in [0.2, 0.25) is 0 Å². The van der Waals surface area contributed by atoms with Gasteiger partial charge in [-0.1, -0.05) is 17.7 Å². The second kappa shape index (κ2) is 7.00. The second-order valence-electron chi connectivity index (χ2n) is 7.06. The van der Waals surface area contributed by atoms with Crippen molar-refractivity contribution >= 4 is 52.0 Å². The molecule has 1 aromatic heterocycles. The first-order chi connectivity index (χ1) is 14.9. The van der Waals surface area contributed by atoms with Gasteiger partial charge in [0.05, 0.1) is 16.1 Å². The molecule has 2 aromatic carbocycles. The summed E-state index contributed by atoms with van der Waals surface area (Å²) in [6.45, 7) is 0. The number of rotatable bonds is 4. The van der Waals surface area contributed by atoms with Crippen molar-refractivity contribution in [1.82, 2.24) is 4.90 Å². The third-order valence-electron chi connectivity index (χ3n) is 5.40. The maximum atomic E-state index is 13.2. The zero-order valence-electron chi connectivity index (χ0n) is 15.6. The van der Waals surface area contributed by atoms with Crippen LogP contribution < -0.4 is 4.90 Å². The van der Waals surface area contributed by atoms with E-state index in [0.29, 0.717) is 10.7 Å². The fraction of sp³-hybridized carbons (Fsp3) is 0.0952. The Bertz CT molecular complexity index is 1260. The Morgan fingerprint density at radius 2 is 1.61 bits per heavy atom. The van der Waals surface area contributed by atoms with Crippen LogP contribution in [-0.2, 0) is 4.79 Å². The normalized spacial score (nSPS) is 20.1. The Kier molecular flexibility index (Phi) is 4.38. The molecule has 154 valence electrons. The van der Waals surface area contributed by atoms with Crippen LogP contribution in [0.25, 0.3) is 0 Å². The van der Waals surface area contributed by atoms with Crippen molar-refractivity contribution in [3.8, 4) is 0 Å². The highest BCUT2D eigenvalue weighted by atomic mass is 35.5. The Morgan fingerprint density at radius 1 is 0.903 bits per heavy atom. The lowest BCUT2D eigenvalue weighted by Gasteiger charge is -2.49. The van der Waals surface area contributed by atoms with Gasteiger partial charge >= 0.3 is 0 Å². The second-order valence-corrected chi connectivity index (χ2v) is 8.47. The Hall–Kier alpha value is -3.56. The molecule has 8 nitrogen and oxygen atoms in total. The van der Waals surface area contributed by atoms with E-state index in [1.165, 1.54) is 28.4 Å². The molecule has 0 bridgehead atoms. The van der Waals surface area contributed by atoms with Gasteiger partial charge in [0.25, 0.3) is 23.4 Å². The van der Waals surface area contributed by atoms with Gasteiger partial charge < -0.3 is 0 Å². The lowest BCUT2D eigenvalue weighted by atomic mass is 9.90. The fourth-order valence-electron chi connectivity index (χ4n) is 3.97. The predicted octanol–water partition coefficient (Wildman–Crippen LogP) is 4.06. The number of nitro groups is 1. The van der Waals surface area contributed by atoms with E-state index in [0.717, 1.165) is 15.8 Å². The number of benzene rings is 2. The van der Waals surface area contributed by atoms with Crippen LogP contribution >= 0.6 is 22.9 Å². The van der Waals surface area contributed by atoms with Gasteiger partial charge in [-0.3, -0.25) is 34.3 Å². The molecule has 0 saturated carbocycles. The van der Waals surface area contributed by atoms with Crippen LogP contribution in [0.15, 0.2) is 60.0 Å². The van der Waals surface area contributed by atoms with Crippen LogP contribution in [0.3, 0.4) is 0 Å². The van der Waals surface area contributed by atoms with Gasteiger partial charge in [-0.2, -0.15) is 0 Å². The van der Waals surface area contributed by atoms with Crippen LogP contribution in [0.5, 0.6) is 0 Å². The topological polar surface area (TPSA) is 101 Å². The Morgan fingerprint density at radius 3 is 2.26 bits per heavy atom. The molecule has 3 heterocycles. The summed E-state index contributed by atoms with van der Waals surface area (Å²) < 4.78 is 0. The molecule has 3 aromatic rings. The van der Waals surface area contributed by atoms with Gasteiger partial charge in [0.15, 0.2) is 0 Å². The predicted molar refractivity (Wildman–Crippen MR) is 113 cm³/mol. The molecule has 2 aliphatic rings. The monoisotopic (exact) mass is 453 g/mol. The van der Waals surface area contributed by atoms with E-state index in [9.17, 15) is 24.5 Å². The van der Waals surface area contributed by atoms with Crippen molar-refractivity contribution in [2.75, 3.05) is 4.90 Å². The number of halogens is 1. The summed E-state index contributed by atoms with van der Waals surface area (Å²) in [6.07, 6.45) is 0. The number of nitro benzene ring substituents is 1. The van der Waals surface area contributed by atoms with E-state index in [2.05, 4.69) is 0 Å². The molecule has 1 fully saturated rings. The zero-order chi connectivity index (χ0) is 21.9. The molecule has 10 heteroatoms. The van der Waals surface area contributed by atoms with Gasteiger partial charge in [0, 0.05) is 27.7 Å². The van der Waals surface area contributed by atoms with Crippen molar-refractivity contribution in [2.24, 2.45) is 0 Å². The molecule has 2 atom stereocenters. The van der Waals surface area contributed by atoms with Crippen molar-refractivity contribution < 1.29 is 19.3 Å². The maximum absolute atomic E-state index is 13.2. The molecular formula is C21H12ClN3O5S. The largest absolute Gasteiger partial charge is 0.300 e. The first-order valence-electron chi connectivity index (χ1n) is 9.17. The lowest BCUT2D eigenvalue weighted by molar-refractivity contribution is -0.384. The van der Waals surface area contributed by atoms with Gasteiger partial charge in [-0.05, 0) is 41.8 Å². The van der Waals surface area contributed by atoms with Gasteiger partial charge in [-0.25, -0.2) is 0 Å². The summed E-state index contributed by atoms with van der Waals surface area (Å²) in [6, 6.07) is 12.3. The molecule has 0 N–H and O–H groups in total. The quantitative estimate of drug-likeness (QED) is 0.256. The van der Waals surface area contributed by atoms with E-state index >= 15 is 0 Å². The number of hydrogen-bond donors (Lipinski definition) is 0. The SMILES string of the molecule is O=C1c2ccc([N+](=O)[O-])cc2C(=O)N1[C@H]1C(=O)N(c2ccc(Cl)cc2)[C@H]1c1cccs1. The number of amides is 3. The average molecular weight is 454 g/mol. The highest BCUT2D eigenvalue weighted by Gasteiger charge is 2.57. The highest BCUT2D eigenvalue weighted by molar-refractivity contribution is 7.10. The minimum Gasteiger partial charge on any atom is -0.300 e. The van der Waals surface area contributed by atoms with Crippen molar-refractivity contribution in [1.29, 1.82) is 0 Å². The maximum Gasteiger partial charge on any atom is 0.270 e. The van der Waals surface area contributed by atoms with Crippen LogP contribution in [0.1, 0.15) is 31.6 Å². The van der Waals surface area contributed by atoms with Crippen LogP contribution in [0.2, 0.25) is 5.02 Å². The summed E-state index contributed by atoms with van der Waals surface area (Å²) in [5.41, 5.74) is 0.288. The number of anilines is 1. The molecule has 0 spiro atoms. The third-order valence-corrected chi connectivity index (χ3v) is 6.59. The molecule has 5 rings (SSSR count). The summed E-state index contributed by atoms with van der Waals surface area (Å²) in [4.78, 5) is 53.0. The number of thiophene rings is 1. The average Bonchev–Trinajstić information content (AvgIpc) is 3.36. The van der Waals surface area contributed by atoms with Crippen LogP contribution in [0, 0.1) is 10.1 Å². The van der Waals surface area contributed by atoms with Crippen molar-refractivity contribution in [3.05, 3.63) is 91.1 Å². The number of imide groups is 1. The molecule has 1 saturated heterocycles. The summed E-state index contributed by atoms with van der Waals surface area (Å²) >= 11 is 7.37. The molecule has 31 heavy (non-hydrogen) atoms. The van der Waals surface area contributed by atoms with E-state index in [1.807, 2.05) is 17.5 Å². The summed E-state index contributed by atoms with van der Waals surface area (Å²) in [7, 11) is 0. The molecule has 2 aliphatic heterocycles. The molecular weight excluding hydrogens is 442 g/mol. The number of carbonyl (C=O) groups is 3. The minimum atomic E-state index is -1.04. The number of hydrogen-bond acceptors (Lipinski definition) is 6. The van der Waals surface area contributed by atoms with E-state index in [-0.39, 0.29) is 16.8 Å². The highest BCUT2D eigenvalue weighted by Crippen LogP contribution is 2.45. The number of non-ortho nitro benzene ring substituents is 1. The lowest BCUT2D eigenvalue weighted by Crippen LogP contribution is -2.66. The first kappa shape index (κ1) is 19.4. The number of β-lactam (4-membered cyclic amide) rings is 1. The standard InChI is InChI=1S/C21H12ClN3O5S/c22-11-3-5-12(6-4-11)23-17(16-2-1-9-31-16)18(21(23)28)24-19(26)14-8-7-13(25(29)30)10-15(14)20(24)27/h1-10,17-18H/t17-,18+/m0/s1. The van der Waals surface area contributed by atoms with Gasteiger partial charge in [-0.15, -0.1) is 11.3 Å². The minimum absolute atomic E-state index is 0.0540. The van der Waals surface area contributed by atoms with Crippen molar-refractivity contribution in [2.45, 2.75) is 12.1 Å². The third kappa shape index (κ3) is 2.85. The first-order valence-corrected chi connectivity index (χ1v) is 10.4. The number of nitrogens with zero attached hydrogens (tertiary/aromatic N) is 3. The molecule has 0 unspecified atom stereocenters. The van der Waals surface area contributed by atoms with E-state index in [1.54, 1.807) is 24.3 Å². The Balaban J connectivity index is 1.55. The number of fused-ring (bicyclic) bond motifs is 1. The number of carbonyl (C=O) groups excluding carboxylic acids is 3. The summed E-state index contributed by atoms with van der Waals surface area (Å²) in [5, 5.41) is 13.4. The van der Waals surface area contributed by atoms with Crippen LogP contribution in [-0.4, -0.2) is 33.6 Å². The fourth-order valence-corrected chi connectivity index (χ4v) is 4.94. The Labute approximate surface area is 184 Å². The van der Waals surface area contributed by atoms with E-state index in [4.69, 9.17) is 11.6 Å². The molecule has 3 amide bonds. The van der Waals surface area contributed by atoms with E-state index < -0.39 is 34.7 Å². The zero-order valence-corrected chi connectivity index (χ0v) is 17.2.